The van der Waals surface area contributed by atoms with Gasteiger partial charge in [-0.25, -0.2) is 4.98 Å². The first-order chi connectivity index (χ1) is 12.2. The van der Waals surface area contributed by atoms with Crippen molar-refractivity contribution in [3.05, 3.63) is 59.8 Å². The predicted octanol–water partition coefficient (Wildman–Crippen LogP) is 3.48. The Morgan fingerprint density at radius 2 is 1.72 bits per heavy atom. The number of hydrogen-bond acceptors (Lipinski definition) is 5. The van der Waals surface area contributed by atoms with Crippen LogP contribution in [0.5, 0.6) is 0 Å². The molecule has 0 radical (unpaired) electrons. The van der Waals surface area contributed by atoms with Crippen molar-refractivity contribution in [1.29, 1.82) is 15.8 Å². The minimum Gasteiger partial charge on any atom is -0.345 e. The van der Waals surface area contributed by atoms with Crippen molar-refractivity contribution in [3.8, 4) is 29.6 Å². The van der Waals surface area contributed by atoms with Gasteiger partial charge in [-0.2, -0.15) is 15.8 Å². The maximum Gasteiger partial charge on any atom is 0.163 e. The maximum absolute atomic E-state index is 9.14. The van der Waals surface area contributed by atoms with Crippen LogP contribution in [0.25, 0.3) is 22.4 Å². The highest BCUT2D eigenvalue weighted by Gasteiger charge is 2.11. The first kappa shape index (κ1) is 15.8. The number of nitrogens with one attached hydrogen (secondary N) is 1. The van der Waals surface area contributed by atoms with Crippen molar-refractivity contribution in [2.75, 3.05) is 5.32 Å². The van der Waals surface area contributed by atoms with Gasteiger partial charge in [0, 0.05) is 18.3 Å². The van der Waals surface area contributed by atoms with Gasteiger partial charge in [-0.1, -0.05) is 30.3 Å². The number of aromatic nitrogens is 2. The zero-order valence-corrected chi connectivity index (χ0v) is 13.4. The van der Waals surface area contributed by atoms with Gasteiger partial charge in [-0.05, 0) is 18.2 Å². The summed E-state index contributed by atoms with van der Waals surface area (Å²) >= 11 is 0. The third kappa shape index (κ3) is 2.91. The van der Waals surface area contributed by atoms with Crippen LogP contribution in [0.2, 0.25) is 0 Å². The Bertz CT molecular complexity index is 1080. The largest absolute Gasteiger partial charge is 0.345 e. The van der Waals surface area contributed by atoms with Crippen molar-refractivity contribution < 1.29 is 0 Å². The Balaban J connectivity index is 2.05. The van der Waals surface area contributed by atoms with Crippen molar-refractivity contribution in [3.63, 3.8) is 0 Å². The Hall–Kier alpha value is -4.08. The Labute approximate surface area is 144 Å². The number of rotatable bonds is 3. The van der Waals surface area contributed by atoms with Crippen LogP contribution in [-0.2, 0) is 7.05 Å². The van der Waals surface area contributed by atoms with E-state index in [-0.39, 0.29) is 11.3 Å². The van der Waals surface area contributed by atoms with Gasteiger partial charge in [0.25, 0.3) is 0 Å². The summed E-state index contributed by atoms with van der Waals surface area (Å²) in [7, 11) is 1.94. The molecular formula is C19H12N6. The minimum atomic E-state index is -0.256. The van der Waals surface area contributed by atoms with E-state index in [1.54, 1.807) is 24.3 Å². The molecule has 1 N–H and O–H groups in total. The molecule has 0 amide bonds. The van der Waals surface area contributed by atoms with Crippen LogP contribution in [0.1, 0.15) is 0 Å². The second-order valence-electron chi connectivity index (χ2n) is 5.27. The first-order valence-corrected chi connectivity index (χ1v) is 7.41. The lowest BCUT2D eigenvalue weighted by molar-refractivity contribution is 0.959. The highest BCUT2D eigenvalue weighted by Crippen LogP contribution is 2.26. The molecule has 0 aliphatic rings. The van der Waals surface area contributed by atoms with Crippen LogP contribution < -0.4 is 5.32 Å². The lowest BCUT2D eigenvalue weighted by atomic mass is 10.2. The molecule has 0 saturated heterocycles. The van der Waals surface area contributed by atoms with Gasteiger partial charge in [0.1, 0.15) is 29.7 Å². The average molecular weight is 324 g/mol. The summed E-state index contributed by atoms with van der Waals surface area (Å²) in [4.78, 5) is 4.66. The van der Waals surface area contributed by atoms with Gasteiger partial charge in [0.15, 0.2) is 5.57 Å². The second kappa shape index (κ2) is 6.58. The molecule has 0 spiro atoms. The molecule has 0 aliphatic heterocycles. The molecule has 3 rings (SSSR count). The summed E-state index contributed by atoms with van der Waals surface area (Å²) in [6, 6.07) is 20.5. The summed E-state index contributed by atoms with van der Waals surface area (Å²) in [5, 5.41) is 29.8. The fraction of sp³-hybridized carbons (Fsp3) is 0.0526. The molecular weight excluding hydrogens is 312 g/mol. The van der Waals surface area contributed by atoms with Crippen molar-refractivity contribution in [2.45, 2.75) is 0 Å². The van der Waals surface area contributed by atoms with Crippen molar-refractivity contribution in [1.82, 2.24) is 9.55 Å². The van der Waals surface area contributed by atoms with Crippen LogP contribution in [0.15, 0.2) is 59.8 Å². The van der Waals surface area contributed by atoms with E-state index in [1.807, 2.05) is 54.1 Å². The van der Waals surface area contributed by atoms with E-state index >= 15 is 0 Å². The second-order valence-corrected chi connectivity index (χ2v) is 5.27. The molecule has 0 atom stereocenters. The minimum absolute atomic E-state index is 0.0800. The molecule has 1 heterocycles. The van der Waals surface area contributed by atoms with Gasteiger partial charge in [0.2, 0.25) is 0 Å². The van der Waals surface area contributed by atoms with Crippen molar-refractivity contribution in [2.24, 2.45) is 7.05 Å². The third-order valence-electron chi connectivity index (χ3n) is 3.77. The molecule has 0 fully saturated rings. The number of benzene rings is 2. The van der Waals surface area contributed by atoms with Crippen LogP contribution in [0.4, 0.5) is 5.69 Å². The summed E-state index contributed by atoms with van der Waals surface area (Å²) in [5.74, 6) is 0.832. The van der Waals surface area contributed by atoms with E-state index in [0.717, 1.165) is 22.4 Å². The Morgan fingerprint density at radius 1 is 1.00 bits per heavy atom. The Morgan fingerprint density at radius 3 is 2.36 bits per heavy atom. The van der Waals surface area contributed by atoms with Crippen LogP contribution in [0.3, 0.4) is 0 Å². The summed E-state index contributed by atoms with van der Waals surface area (Å²) in [5.41, 5.74) is 2.94. The third-order valence-corrected chi connectivity index (χ3v) is 3.77. The van der Waals surface area contributed by atoms with Crippen LogP contribution in [0, 0.1) is 34.0 Å². The number of nitriles is 3. The summed E-state index contributed by atoms with van der Waals surface area (Å²) in [6.07, 6.45) is 0. The molecule has 0 saturated carbocycles. The van der Waals surface area contributed by atoms with E-state index in [9.17, 15) is 0 Å². The van der Waals surface area contributed by atoms with E-state index in [1.165, 1.54) is 0 Å². The molecule has 25 heavy (non-hydrogen) atoms. The number of hydrogen-bond donors (Lipinski definition) is 1. The van der Waals surface area contributed by atoms with Gasteiger partial charge in [-0.3, -0.25) is 0 Å². The summed E-state index contributed by atoms with van der Waals surface area (Å²) in [6.45, 7) is 0. The van der Waals surface area contributed by atoms with Gasteiger partial charge >= 0.3 is 0 Å². The SMILES string of the molecule is Cn1c(-c2ccccc2)nc2cc(NC(C#N)=C(C#N)C#N)ccc21. The number of fused-ring (bicyclic) bond motifs is 1. The molecule has 0 bridgehead atoms. The highest BCUT2D eigenvalue weighted by atomic mass is 15.1. The van der Waals surface area contributed by atoms with E-state index in [2.05, 4.69) is 10.3 Å². The number of allylic oxidation sites excluding steroid dienone is 2. The van der Waals surface area contributed by atoms with Gasteiger partial charge in [-0.15, -0.1) is 0 Å². The Kier molecular flexibility index (Phi) is 4.16. The quantitative estimate of drug-likeness (QED) is 0.743. The van der Waals surface area contributed by atoms with E-state index in [0.29, 0.717) is 5.69 Å². The standard InChI is InChI=1S/C19H12N6/c1-25-18-8-7-15(23-17(12-22)14(10-20)11-21)9-16(18)24-19(25)13-5-3-2-4-6-13/h2-9,23H,1H3. The normalized spacial score (nSPS) is 9.68. The highest BCUT2D eigenvalue weighted by molar-refractivity contribution is 5.84. The lowest BCUT2D eigenvalue weighted by Gasteiger charge is -2.05. The molecule has 0 aliphatic carbocycles. The van der Waals surface area contributed by atoms with Gasteiger partial charge < -0.3 is 9.88 Å². The zero-order valence-electron chi connectivity index (χ0n) is 13.4. The van der Waals surface area contributed by atoms with Gasteiger partial charge in [0.05, 0.1) is 11.0 Å². The van der Waals surface area contributed by atoms with Crippen LogP contribution >= 0.6 is 0 Å². The lowest BCUT2D eigenvalue weighted by Crippen LogP contribution is -2.00. The fourth-order valence-electron chi connectivity index (χ4n) is 2.55. The molecule has 3 aromatic rings. The number of anilines is 1. The summed E-state index contributed by atoms with van der Waals surface area (Å²) < 4.78 is 1.99. The number of nitrogens with zero attached hydrogens (tertiary/aromatic N) is 5. The monoisotopic (exact) mass is 324 g/mol. The van der Waals surface area contributed by atoms with Crippen molar-refractivity contribution >= 4 is 16.7 Å². The van der Waals surface area contributed by atoms with Crippen LogP contribution in [-0.4, -0.2) is 9.55 Å². The number of aryl methyl sites for hydroxylation is 1. The van der Waals surface area contributed by atoms with E-state index in [4.69, 9.17) is 15.8 Å². The molecule has 118 valence electrons. The van der Waals surface area contributed by atoms with E-state index < -0.39 is 0 Å². The molecule has 2 aromatic carbocycles. The first-order valence-electron chi connectivity index (χ1n) is 7.41. The zero-order chi connectivity index (χ0) is 17.8. The smallest absolute Gasteiger partial charge is 0.163 e. The topological polar surface area (TPSA) is 101 Å². The predicted molar refractivity (Wildman–Crippen MR) is 93.6 cm³/mol. The molecule has 6 heteroatoms. The average Bonchev–Trinajstić information content (AvgIpc) is 2.98. The maximum atomic E-state index is 9.14. The molecule has 0 unspecified atom stereocenters. The molecule has 1 aromatic heterocycles. The molecule has 6 nitrogen and oxygen atoms in total. The fourth-order valence-corrected chi connectivity index (χ4v) is 2.55. The number of imidazole rings is 1.